The van der Waals surface area contributed by atoms with Crippen LogP contribution in [0.25, 0.3) is 10.2 Å². The summed E-state index contributed by atoms with van der Waals surface area (Å²) in [5.74, 6) is 0.631. The highest BCUT2D eigenvalue weighted by Crippen LogP contribution is 2.32. The van der Waals surface area contributed by atoms with E-state index in [1.807, 2.05) is 6.07 Å². The second-order valence-corrected chi connectivity index (χ2v) is 5.59. The summed E-state index contributed by atoms with van der Waals surface area (Å²) in [6.45, 7) is 2.42. The van der Waals surface area contributed by atoms with Gasteiger partial charge in [0, 0.05) is 19.7 Å². The standard InChI is InChI=1S/C13H16N2OS/c16-8-6-10-5-7-15(9-10)13-14-11-3-1-2-4-12(11)17-13/h1-4,10,16H,5-9H2. The lowest BCUT2D eigenvalue weighted by molar-refractivity contribution is 0.263. The van der Waals surface area contributed by atoms with Crippen LogP contribution in [0.15, 0.2) is 24.3 Å². The number of rotatable bonds is 3. The first-order chi connectivity index (χ1) is 8.36. The van der Waals surface area contributed by atoms with Gasteiger partial charge in [0.2, 0.25) is 0 Å². The Bertz CT molecular complexity index is 478. The van der Waals surface area contributed by atoms with Gasteiger partial charge in [-0.1, -0.05) is 23.5 Å². The fraction of sp³-hybridized carbons (Fsp3) is 0.462. The molecule has 3 nitrogen and oxygen atoms in total. The summed E-state index contributed by atoms with van der Waals surface area (Å²) in [6, 6.07) is 8.28. The number of aliphatic hydroxyl groups is 1. The number of hydrogen-bond donors (Lipinski definition) is 1. The van der Waals surface area contributed by atoms with E-state index in [0.717, 1.165) is 30.2 Å². The third-order valence-corrected chi connectivity index (χ3v) is 4.47. The molecule has 1 unspecified atom stereocenters. The molecule has 0 bridgehead atoms. The summed E-state index contributed by atoms with van der Waals surface area (Å²) in [5, 5.41) is 10.1. The molecule has 1 aliphatic rings. The van der Waals surface area contributed by atoms with Crippen molar-refractivity contribution in [2.24, 2.45) is 5.92 Å². The Labute approximate surface area is 105 Å². The molecule has 0 radical (unpaired) electrons. The van der Waals surface area contributed by atoms with Crippen molar-refractivity contribution in [1.82, 2.24) is 4.98 Å². The molecular formula is C13H16N2OS. The number of anilines is 1. The van der Waals surface area contributed by atoms with Crippen LogP contribution in [0.2, 0.25) is 0 Å². The zero-order chi connectivity index (χ0) is 11.7. The first-order valence-corrected chi connectivity index (χ1v) is 6.90. The van der Waals surface area contributed by atoms with Crippen molar-refractivity contribution in [3.8, 4) is 0 Å². The van der Waals surface area contributed by atoms with Crippen LogP contribution in [0.1, 0.15) is 12.8 Å². The molecule has 1 saturated heterocycles. The fourth-order valence-electron chi connectivity index (χ4n) is 2.42. The van der Waals surface area contributed by atoms with Crippen molar-refractivity contribution < 1.29 is 5.11 Å². The smallest absolute Gasteiger partial charge is 0.186 e. The molecule has 90 valence electrons. The second-order valence-electron chi connectivity index (χ2n) is 4.58. The van der Waals surface area contributed by atoms with Gasteiger partial charge in [0.25, 0.3) is 0 Å². The van der Waals surface area contributed by atoms with Crippen LogP contribution >= 0.6 is 11.3 Å². The highest BCUT2D eigenvalue weighted by molar-refractivity contribution is 7.22. The molecule has 1 fully saturated rings. The van der Waals surface area contributed by atoms with E-state index in [2.05, 4.69) is 28.1 Å². The maximum atomic E-state index is 8.97. The van der Waals surface area contributed by atoms with E-state index >= 15 is 0 Å². The van der Waals surface area contributed by atoms with E-state index in [9.17, 15) is 0 Å². The molecule has 3 rings (SSSR count). The van der Waals surface area contributed by atoms with Gasteiger partial charge in [-0.05, 0) is 30.9 Å². The molecule has 1 atom stereocenters. The minimum absolute atomic E-state index is 0.304. The topological polar surface area (TPSA) is 36.4 Å². The van der Waals surface area contributed by atoms with Crippen LogP contribution < -0.4 is 4.90 Å². The lowest BCUT2D eigenvalue weighted by Crippen LogP contribution is -2.19. The summed E-state index contributed by atoms with van der Waals surface area (Å²) in [7, 11) is 0. The number of nitrogens with zero attached hydrogens (tertiary/aromatic N) is 2. The van der Waals surface area contributed by atoms with Crippen molar-refractivity contribution in [2.75, 3.05) is 24.6 Å². The monoisotopic (exact) mass is 248 g/mol. The Morgan fingerprint density at radius 3 is 3.12 bits per heavy atom. The normalized spacial score (nSPS) is 20.3. The minimum Gasteiger partial charge on any atom is -0.396 e. The lowest BCUT2D eigenvalue weighted by atomic mass is 10.1. The number of aliphatic hydroxyl groups excluding tert-OH is 1. The summed E-state index contributed by atoms with van der Waals surface area (Å²) in [6.07, 6.45) is 2.10. The molecule has 0 spiro atoms. The van der Waals surface area contributed by atoms with Crippen LogP contribution in [0, 0.1) is 5.92 Å². The molecule has 4 heteroatoms. The van der Waals surface area contributed by atoms with Crippen LogP contribution in [0.3, 0.4) is 0 Å². The predicted molar refractivity (Wildman–Crippen MR) is 71.6 cm³/mol. The molecule has 2 heterocycles. The highest BCUT2D eigenvalue weighted by Gasteiger charge is 2.24. The van der Waals surface area contributed by atoms with Gasteiger partial charge in [-0.3, -0.25) is 0 Å². The Morgan fingerprint density at radius 1 is 1.41 bits per heavy atom. The van der Waals surface area contributed by atoms with Gasteiger partial charge in [-0.15, -0.1) is 0 Å². The van der Waals surface area contributed by atoms with Gasteiger partial charge < -0.3 is 10.0 Å². The minimum atomic E-state index is 0.304. The Hall–Kier alpha value is -1.13. The average Bonchev–Trinajstić information content (AvgIpc) is 2.94. The van der Waals surface area contributed by atoms with E-state index in [1.165, 1.54) is 11.1 Å². The number of fused-ring (bicyclic) bond motifs is 1. The number of hydrogen-bond acceptors (Lipinski definition) is 4. The number of benzene rings is 1. The Morgan fingerprint density at radius 2 is 2.29 bits per heavy atom. The summed E-state index contributed by atoms with van der Waals surface area (Å²) in [5.41, 5.74) is 1.10. The number of thiazole rings is 1. The molecule has 2 aromatic rings. The average molecular weight is 248 g/mol. The molecule has 17 heavy (non-hydrogen) atoms. The van der Waals surface area contributed by atoms with Crippen molar-refractivity contribution in [2.45, 2.75) is 12.8 Å². The van der Waals surface area contributed by atoms with E-state index < -0.39 is 0 Å². The molecule has 1 N–H and O–H groups in total. The molecule has 1 aromatic heterocycles. The maximum absolute atomic E-state index is 8.97. The molecule has 1 aromatic carbocycles. The molecule has 1 aliphatic heterocycles. The van der Waals surface area contributed by atoms with Crippen molar-refractivity contribution in [3.63, 3.8) is 0 Å². The van der Waals surface area contributed by atoms with Gasteiger partial charge in [-0.2, -0.15) is 0 Å². The lowest BCUT2D eigenvalue weighted by Gasteiger charge is -2.14. The van der Waals surface area contributed by atoms with Crippen molar-refractivity contribution >= 4 is 26.7 Å². The number of aromatic nitrogens is 1. The molecule has 0 saturated carbocycles. The maximum Gasteiger partial charge on any atom is 0.186 e. The van der Waals surface area contributed by atoms with Crippen LogP contribution in [-0.2, 0) is 0 Å². The highest BCUT2D eigenvalue weighted by atomic mass is 32.1. The van der Waals surface area contributed by atoms with Gasteiger partial charge in [-0.25, -0.2) is 4.98 Å². The number of para-hydroxylation sites is 1. The van der Waals surface area contributed by atoms with E-state index in [1.54, 1.807) is 11.3 Å². The van der Waals surface area contributed by atoms with E-state index in [-0.39, 0.29) is 0 Å². The summed E-state index contributed by atoms with van der Waals surface area (Å²) >= 11 is 1.77. The summed E-state index contributed by atoms with van der Waals surface area (Å²) in [4.78, 5) is 7.02. The Balaban J connectivity index is 1.80. The first kappa shape index (κ1) is 11.0. The molecule has 0 aliphatic carbocycles. The van der Waals surface area contributed by atoms with Crippen LogP contribution in [0.5, 0.6) is 0 Å². The molecule has 0 amide bonds. The van der Waals surface area contributed by atoms with E-state index in [0.29, 0.717) is 12.5 Å². The van der Waals surface area contributed by atoms with Crippen LogP contribution in [-0.4, -0.2) is 29.8 Å². The van der Waals surface area contributed by atoms with Crippen molar-refractivity contribution in [3.05, 3.63) is 24.3 Å². The SMILES string of the molecule is OCCC1CCN(c2nc3ccccc3s2)C1. The summed E-state index contributed by atoms with van der Waals surface area (Å²) < 4.78 is 1.26. The van der Waals surface area contributed by atoms with Crippen LogP contribution in [0.4, 0.5) is 5.13 Å². The first-order valence-electron chi connectivity index (χ1n) is 6.08. The van der Waals surface area contributed by atoms with Crippen molar-refractivity contribution in [1.29, 1.82) is 0 Å². The van der Waals surface area contributed by atoms with Gasteiger partial charge in [0.15, 0.2) is 5.13 Å². The molecular weight excluding hydrogens is 232 g/mol. The zero-order valence-electron chi connectivity index (χ0n) is 9.67. The third-order valence-electron chi connectivity index (χ3n) is 3.38. The quantitative estimate of drug-likeness (QED) is 0.906. The Kier molecular flexibility index (Phi) is 2.99. The third kappa shape index (κ3) is 2.15. The second kappa shape index (κ2) is 4.63. The van der Waals surface area contributed by atoms with Gasteiger partial charge in [0.05, 0.1) is 10.2 Å². The van der Waals surface area contributed by atoms with Gasteiger partial charge >= 0.3 is 0 Å². The largest absolute Gasteiger partial charge is 0.396 e. The van der Waals surface area contributed by atoms with E-state index in [4.69, 9.17) is 5.11 Å². The van der Waals surface area contributed by atoms with Gasteiger partial charge in [0.1, 0.15) is 0 Å². The predicted octanol–water partition coefficient (Wildman–Crippen LogP) is 2.51. The fourth-order valence-corrected chi connectivity index (χ4v) is 3.42. The zero-order valence-corrected chi connectivity index (χ0v) is 10.5.